The second kappa shape index (κ2) is 8.25. The van der Waals surface area contributed by atoms with Crippen molar-refractivity contribution >= 4 is 0 Å². The molecule has 4 heteroatoms. The van der Waals surface area contributed by atoms with E-state index in [1.165, 1.54) is 0 Å². The van der Waals surface area contributed by atoms with Gasteiger partial charge in [-0.1, -0.05) is 12.1 Å². The Morgan fingerprint density at radius 1 is 1.15 bits per heavy atom. The molecule has 0 heterocycles. The summed E-state index contributed by atoms with van der Waals surface area (Å²) in [7, 11) is 3.79. The fraction of sp³-hybridized carbons (Fsp3) is 0.625. The first kappa shape index (κ1) is 17.0. The average molecular weight is 280 g/mol. The fourth-order valence-electron chi connectivity index (χ4n) is 2.03. The number of hydrogen-bond acceptors (Lipinski definition) is 4. The molecule has 0 radical (unpaired) electrons. The number of nitrogens with two attached hydrogens (primary N) is 1. The van der Waals surface area contributed by atoms with Crippen molar-refractivity contribution in [1.29, 1.82) is 0 Å². The minimum Gasteiger partial charge on any atom is -0.491 e. The largest absolute Gasteiger partial charge is 0.491 e. The molecule has 2 N–H and O–H groups in total. The lowest BCUT2D eigenvalue weighted by Gasteiger charge is -2.27. The lowest BCUT2D eigenvalue weighted by Crippen LogP contribution is -2.37. The van der Waals surface area contributed by atoms with Gasteiger partial charge in [0.2, 0.25) is 0 Å². The van der Waals surface area contributed by atoms with Crippen molar-refractivity contribution in [3.63, 3.8) is 0 Å². The summed E-state index contributed by atoms with van der Waals surface area (Å²) in [5, 5.41) is 0. The minimum absolute atomic E-state index is 0.00703. The maximum Gasteiger partial charge on any atom is 0.119 e. The third-order valence-electron chi connectivity index (χ3n) is 3.33. The molecule has 0 aliphatic heterocycles. The van der Waals surface area contributed by atoms with Gasteiger partial charge in [-0.15, -0.1) is 0 Å². The molecule has 114 valence electrons. The van der Waals surface area contributed by atoms with Gasteiger partial charge in [0.05, 0.1) is 12.7 Å². The topological polar surface area (TPSA) is 47.7 Å². The highest BCUT2D eigenvalue weighted by Gasteiger charge is 2.14. The van der Waals surface area contributed by atoms with E-state index in [2.05, 4.69) is 18.9 Å². The first-order valence-electron chi connectivity index (χ1n) is 7.15. The van der Waals surface area contributed by atoms with E-state index in [9.17, 15) is 0 Å². The van der Waals surface area contributed by atoms with E-state index in [4.69, 9.17) is 15.2 Å². The van der Waals surface area contributed by atoms with Gasteiger partial charge in [0, 0.05) is 25.7 Å². The number of methoxy groups -OCH3 is 1. The smallest absolute Gasteiger partial charge is 0.119 e. The minimum atomic E-state index is -0.00703. The average Bonchev–Trinajstić information content (AvgIpc) is 2.39. The van der Waals surface area contributed by atoms with Gasteiger partial charge in [0.15, 0.2) is 0 Å². The molecule has 0 aliphatic carbocycles. The van der Waals surface area contributed by atoms with Gasteiger partial charge >= 0.3 is 0 Å². The Balaban J connectivity index is 2.56. The SMILES string of the molecule is COCC(C)N(C)CC(N)c1ccc(OC(C)C)cc1. The number of rotatable bonds is 8. The van der Waals surface area contributed by atoms with Gasteiger partial charge < -0.3 is 15.2 Å². The Labute approximate surface area is 122 Å². The van der Waals surface area contributed by atoms with Crippen LogP contribution in [-0.2, 0) is 4.74 Å². The highest BCUT2D eigenvalue weighted by Crippen LogP contribution is 2.18. The summed E-state index contributed by atoms with van der Waals surface area (Å²) in [5.41, 5.74) is 7.38. The van der Waals surface area contributed by atoms with Gasteiger partial charge in [-0.2, -0.15) is 0 Å². The molecule has 2 atom stereocenters. The maximum atomic E-state index is 6.26. The van der Waals surface area contributed by atoms with Crippen molar-refractivity contribution in [3.8, 4) is 5.75 Å². The molecule has 0 fully saturated rings. The Kier molecular flexibility index (Phi) is 6.99. The monoisotopic (exact) mass is 280 g/mol. The quantitative estimate of drug-likeness (QED) is 0.794. The predicted molar refractivity (Wildman–Crippen MR) is 83.1 cm³/mol. The van der Waals surface area contributed by atoms with Crippen LogP contribution in [0.15, 0.2) is 24.3 Å². The highest BCUT2D eigenvalue weighted by molar-refractivity contribution is 5.29. The number of likely N-dealkylation sites (N-methyl/N-ethyl adjacent to an activating group) is 1. The molecule has 1 aromatic carbocycles. The van der Waals surface area contributed by atoms with Crippen molar-refractivity contribution < 1.29 is 9.47 Å². The van der Waals surface area contributed by atoms with E-state index >= 15 is 0 Å². The molecule has 0 amide bonds. The molecular weight excluding hydrogens is 252 g/mol. The number of nitrogens with zero attached hydrogens (tertiary/aromatic N) is 1. The number of ether oxygens (including phenoxy) is 2. The van der Waals surface area contributed by atoms with Crippen LogP contribution in [-0.4, -0.2) is 44.4 Å². The van der Waals surface area contributed by atoms with Crippen LogP contribution < -0.4 is 10.5 Å². The van der Waals surface area contributed by atoms with Crippen LogP contribution in [0.5, 0.6) is 5.75 Å². The molecule has 4 nitrogen and oxygen atoms in total. The van der Waals surface area contributed by atoms with Gasteiger partial charge in [0.1, 0.15) is 5.75 Å². The van der Waals surface area contributed by atoms with E-state index in [0.717, 1.165) is 17.9 Å². The van der Waals surface area contributed by atoms with Crippen molar-refractivity contribution in [3.05, 3.63) is 29.8 Å². The van der Waals surface area contributed by atoms with Crippen molar-refractivity contribution in [2.75, 3.05) is 27.3 Å². The zero-order chi connectivity index (χ0) is 15.1. The fourth-order valence-corrected chi connectivity index (χ4v) is 2.03. The van der Waals surface area contributed by atoms with E-state index in [-0.39, 0.29) is 12.1 Å². The van der Waals surface area contributed by atoms with E-state index in [0.29, 0.717) is 12.6 Å². The summed E-state index contributed by atoms with van der Waals surface area (Å²) < 4.78 is 10.8. The van der Waals surface area contributed by atoms with Crippen molar-refractivity contribution in [2.45, 2.75) is 39.0 Å². The molecule has 0 aliphatic rings. The van der Waals surface area contributed by atoms with Crippen LogP contribution in [0, 0.1) is 0 Å². The summed E-state index contributed by atoms with van der Waals surface area (Å²) in [6.45, 7) is 7.69. The highest BCUT2D eigenvalue weighted by atomic mass is 16.5. The van der Waals surface area contributed by atoms with E-state index in [1.807, 2.05) is 38.1 Å². The summed E-state index contributed by atoms with van der Waals surface area (Å²) >= 11 is 0. The first-order valence-corrected chi connectivity index (χ1v) is 7.15. The summed E-state index contributed by atoms with van der Waals surface area (Å²) in [6.07, 6.45) is 0.190. The number of benzene rings is 1. The predicted octanol–water partition coefficient (Wildman–Crippen LogP) is 2.44. The van der Waals surface area contributed by atoms with E-state index < -0.39 is 0 Å². The zero-order valence-electron chi connectivity index (χ0n) is 13.3. The summed E-state index contributed by atoms with van der Waals surface area (Å²) in [5.74, 6) is 0.886. The second-order valence-electron chi connectivity index (χ2n) is 5.59. The van der Waals surface area contributed by atoms with Crippen molar-refractivity contribution in [2.24, 2.45) is 5.73 Å². The normalized spacial score (nSPS) is 14.6. The molecule has 0 saturated carbocycles. The zero-order valence-corrected chi connectivity index (χ0v) is 13.3. The van der Waals surface area contributed by atoms with Gasteiger partial charge in [-0.3, -0.25) is 4.90 Å². The molecule has 2 unspecified atom stereocenters. The molecule has 0 aromatic heterocycles. The Bertz CT molecular complexity index is 379. The van der Waals surface area contributed by atoms with Crippen LogP contribution in [0.25, 0.3) is 0 Å². The van der Waals surface area contributed by atoms with Gasteiger partial charge in [-0.25, -0.2) is 0 Å². The van der Waals surface area contributed by atoms with Gasteiger partial charge in [-0.05, 0) is 45.5 Å². The Hall–Kier alpha value is -1.10. The Morgan fingerprint density at radius 3 is 2.25 bits per heavy atom. The van der Waals surface area contributed by atoms with Crippen molar-refractivity contribution in [1.82, 2.24) is 4.90 Å². The lowest BCUT2D eigenvalue weighted by atomic mass is 10.1. The van der Waals surface area contributed by atoms with Crippen LogP contribution in [0.4, 0.5) is 0 Å². The molecule has 0 bridgehead atoms. The maximum absolute atomic E-state index is 6.26. The third-order valence-corrected chi connectivity index (χ3v) is 3.33. The summed E-state index contributed by atoms with van der Waals surface area (Å²) in [6, 6.07) is 8.39. The van der Waals surface area contributed by atoms with Crippen LogP contribution in [0.3, 0.4) is 0 Å². The van der Waals surface area contributed by atoms with E-state index in [1.54, 1.807) is 7.11 Å². The molecule has 1 rings (SSSR count). The first-order chi connectivity index (χ1) is 9.43. The third kappa shape index (κ3) is 5.49. The van der Waals surface area contributed by atoms with Gasteiger partial charge in [0.25, 0.3) is 0 Å². The molecule has 20 heavy (non-hydrogen) atoms. The standard InChI is InChI=1S/C16H28N2O2/c1-12(2)20-15-8-6-14(7-9-15)16(17)10-18(4)13(3)11-19-5/h6-9,12-13,16H,10-11,17H2,1-5H3. The molecule has 0 saturated heterocycles. The van der Waals surface area contributed by atoms with Crippen LogP contribution >= 0.6 is 0 Å². The van der Waals surface area contributed by atoms with Crippen LogP contribution in [0.1, 0.15) is 32.4 Å². The summed E-state index contributed by atoms with van der Waals surface area (Å²) in [4.78, 5) is 2.21. The molecule has 0 spiro atoms. The second-order valence-corrected chi connectivity index (χ2v) is 5.59. The lowest BCUT2D eigenvalue weighted by molar-refractivity contribution is 0.112. The van der Waals surface area contributed by atoms with Crippen LogP contribution in [0.2, 0.25) is 0 Å². The Morgan fingerprint density at radius 2 is 1.75 bits per heavy atom. The molecule has 1 aromatic rings. The number of hydrogen-bond donors (Lipinski definition) is 1. The molecular formula is C16H28N2O2.